The number of hydrogen-bond acceptors (Lipinski definition) is 3. The SMILES string of the molecule is CC(NC(=O)[C@@H]1CCCN1S(=O)(=O)c1cc(Cl)cc(Cl)c1)C(Cc1ccc(Cl)cc1)c1ccc(Cl)cc1. The molecular weight excluding hydrogens is 574 g/mol. The van der Waals surface area contributed by atoms with Gasteiger partial charge in [0.25, 0.3) is 0 Å². The van der Waals surface area contributed by atoms with Crippen LogP contribution in [0.5, 0.6) is 0 Å². The first-order valence-electron chi connectivity index (χ1n) is 11.8. The van der Waals surface area contributed by atoms with Crippen molar-refractivity contribution in [1.29, 1.82) is 0 Å². The molecule has 1 saturated heterocycles. The Kier molecular flexibility index (Phi) is 9.10. The van der Waals surface area contributed by atoms with E-state index in [9.17, 15) is 13.2 Å². The molecule has 10 heteroatoms. The van der Waals surface area contributed by atoms with Crippen molar-refractivity contribution in [2.45, 2.75) is 49.1 Å². The topological polar surface area (TPSA) is 66.5 Å². The molecule has 4 rings (SSSR count). The minimum Gasteiger partial charge on any atom is -0.352 e. The van der Waals surface area contributed by atoms with Crippen molar-refractivity contribution in [1.82, 2.24) is 9.62 Å². The highest BCUT2D eigenvalue weighted by molar-refractivity contribution is 7.89. The zero-order valence-electron chi connectivity index (χ0n) is 20.0. The number of benzene rings is 3. The summed E-state index contributed by atoms with van der Waals surface area (Å²) in [6.45, 7) is 2.17. The van der Waals surface area contributed by atoms with Crippen LogP contribution in [0.15, 0.2) is 71.6 Å². The van der Waals surface area contributed by atoms with E-state index >= 15 is 0 Å². The lowest BCUT2D eigenvalue weighted by molar-refractivity contribution is -0.125. The average molecular weight is 600 g/mol. The molecule has 3 aromatic rings. The van der Waals surface area contributed by atoms with Crippen LogP contribution < -0.4 is 5.32 Å². The van der Waals surface area contributed by atoms with Crippen LogP contribution in [0.2, 0.25) is 20.1 Å². The molecule has 1 aliphatic heterocycles. The third-order valence-corrected chi connectivity index (χ3v) is 9.42. The van der Waals surface area contributed by atoms with Gasteiger partial charge in [0.15, 0.2) is 0 Å². The highest BCUT2D eigenvalue weighted by Gasteiger charge is 2.40. The molecule has 0 spiro atoms. The fourth-order valence-corrected chi connectivity index (χ4v) is 7.33. The lowest BCUT2D eigenvalue weighted by Crippen LogP contribution is -2.49. The summed E-state index contributed by atoms with van der Waals surface area (Å²) in [5.41, 5.74) is 2.07. The van der Waals surface area contributed by atoms with Gasteiger partial charge in [-0.2, -0.15) is 4.31 Å². The van der Waals surface area contributed by atoms with Gasteiger partial charge < -0.3 is 5.32 Å². The van der Waals surface area contributed by atoms with Gasteiger partial charge >= 0.3 is 0 Å². The predicted molar refractivity (Wildman–Crippen MR) is 150 cm³/mol. The average Bonchev–Trinajstić information content (AvgIpc) is 3.35. The Morgan fingerprint density at radius 1 is 0.919 bits per heavy atom. The molecule has 0 aliphatic carbocycles. The Morgan fingerprint density at radius 3 is 2.08 bits per heavy atom. The lowest BCUT2D eigenvalue weighted by atomic mass is 9.86. The Bertz CT molecular complexity index is 1350. The van der Waals surface area contributed by atoms with Crippen molar-refractivity contribution in [3.63, 3.8) is 0 Å². The number of hydrogen-bond donors (Lipinski definition) is 1. The summed E-state index contributed by atoms with van der Waals surface area (Å²) in [5, 5.41) is 4.79. The molecule has 3 atom stereocenters. The van der Waals surface area contributed by atoms with E-state index in [4.69, 9.17) is 46.4 Å². The molecule has 0 radical (unpaired) electrons. The molecule has 1 aliphatic rings. The van der Waals surface area contributed by atoms with E-state index in [0.717, 1.165) is 11.1 Å². The van der Waals surface area contributed by atoms with Crippen LogP contribution in [0.3, 0.4) is 0 Å². The van der Waals surface area contributed by atoms with Crippen LogP contribution in [-0.4, -0.2) is 37.3 Å². The van der Waals surface area contributed by atoms with Gasteiger partial charge in [0, 0.05) is 38.6 Å². The minimum absolute atomic E-state index is 0.0282. The van der Waals surface area contributed by atoms with Gasteiger partial charge in [0.1, 0.15) is 6.04 Å². The molecule has 1 fully saturated rings. The zero-order chi connectivity index (χ0) is 26.7. The van der Waals surface area contributed by atoms with Gasteiger partial charge in [-0.1, -0.05) is 70.7 Å². The molecule has 1 N–H and O–H groups in total. The highest BCUT2D eigenvalue weighted by atomic mass is 35.5. The first-order valence-corrected chi connectivity index (χ1v) is 14.8. The molecular formula is C27H26Cl4N2O3S. The van der Waals surface area contributed by atoms with Crippen molar-refractivity contribution >= 4 is 62.3 Å². The van der Waals surface area contributed by atoms with Gasteiger partial charge in [0.2, 0.25) is 15.9 Å². The monoisotopic (exact) mass is 598 g/mol. The van der Waals surface area contributed by atoms with Crippen LogP contribution >= 0.6 is 46.4 Å². The maximum absolute atomic E-state index is 13.5. The molecule has 196 valence electrons. The van der Waals surface area contributed by atoms with E-state index < -0.39 is 16.1 Å². The molecule has 0 bridgehead atoms. The minimum atomic E-state index is -3.97. The van der Waals surface area contributed by atoms with Crippen molar-refractivity contribution in [2.24, 2.45) is 0 Å². The van der Waals surface area contributed by atoms with Crippen LogP contribution in [0.25, 0.3) is 0 Å². The molecule has 1 heterocycles. The Labute approximate surface area is 237 Å². The maximum atomic E-state index is 13.5. The third-order valence-electron chi connectivity index (χ3n) is 6.59. The van der Waals surface area contributed by atoms with Crippen LogP contribution in [0, 0.1) is 0 Å². The summed E-state index contributed by atoms with van der Waals surface area (Å²) in [4.78, 5) is 13.4. The van der Waals surface area contributed by atoms with Gasteiger partial charge in [-0.3, -0.25) is 4.79 Å². The van der Waals surface area contributed by atoms with Gasteiger partial charge in [-0.05, 0) is 79.8 Å². The first-order chi connectivity index (χ1) is 17.5. The van der Waals surface area contributed by atoms with Crippen molar-refractivity contribution in [2.75, 3.05) is 6.54 Å². The number of carbonyl (C=O) groups excluding carboxylic acids is 1. The number of sulfonamides is 1. The van der Waals surface area contributed by atoms with Crippen LogP contribution in [0.1, 0.15) is 36.8 Å². The molecule has 3 aromatic carbocycles. The van der Waals surface area contributed by atoms with Crippen molar-refractivity contribution in [3.05, 3.63) is 97.9 Å². The van der Waals surface area contributed by atoms with E-state index in [2.05, 4.69) is 5.32 Å². The number of amides is 1. The summed E-state index contributed by atoms with van der Waals surface area (Å²) in [6.07, 6.45) is 1.65. The second-order valence-corrected chi connectivity index (χ2v) is 12.8. The van der Waals surface area contributed by atoms with Gasteiger partial charge in [-0.15, -0.1) is 0 Å². The fourth-order valence-electron chi connectivity index (χ4n) is 4.69. The van der Waals surface area contributed by atoms with E-state index in [0.29, 0.717) is 29.3 Å². The summed E-state index contributed by atoms with van der Waals surface area (Å²) in [5.74, 6) is -0.419. The standard InChI is InChI=1S/C27H26Cl4N2O3S/c1-17(25(19-6-10-21(29)11-7-19)13-18-4-8-20(28)9-5-18)32-27(34)26-3-2-12-33(26)37(35,36)24-15-22(30)14-23(31)16-24/h4-11,14-17,25-26H,2-3,12-13H2,1H3,(H,32,34)/t17?,25?,26-/m0/s1. The number of rotatable bonds is 8. The van der Waals surface area contributed by atoms with Crippen molar-refractivity contribution in [3.8, 4) is 0 Å². The van der Waals surface area contributed by atoms with Crippen molar-refractivity contribution < 1.29 is 13.2 Å². The summed E-state index contributed by atoms with van der Waals surface area (Å²) in [6, 6.07) is 18.2. The smallest absolute Gasteiger partial charge is 0.243 e. The summed E-state index contributed by atoms with van der Waals surface area (Å²) in [7, 11) is -3.97. The number of halogens is 4. The molecule has 5 nitrogen and oxygen atoms in total. The van der Waals surface area contributed by atoms with E-state index in [1.165, 1.54) is 22.5 Å². The maximum Gasteiger partial charge on any atom is 0.243 e. The van der Waals surface area contributed by atoms with Gasteiger partial charge in [0.05, 0.1) is 4.90 Å². The summed E-state index contributed by atoms with van der Waals surface area (Å²) >= 11 is 24.3. The Hall–Kier alpha value is -1.80. The number of nitrogens with one attached hydrogen (secondary N) is 1. The largest absolute Gasteiger partial charge is 0.352 e. The van der Waals surface area contributed by atoms with Crippen LogP contribution in [0.4, 0.5) is 0 Å². The number of carbonyl (C=O) groups is 1. The first kappa shape index (κ1) is 28.2. The number of nitrogens with zero attached hydrogens (tertiary/aromatic N) is 1. The zero-order valence-corrected chi connectivity index (χ0v) is 23.8. The predicted octanol–water partition coefficient (Wildman–Crippen LogP) is 6.98. The highest BCUT2D eigenvalue weighted by Crippen LogP contribution is 2.31. The second kappa shape index (κ2) is 11.9. The summed E-state index contributed by atoms with van der Waals surface area (Å²) < 4.78 is 28.0. The molecule has 0 aromatic heterocycles. The Morgan fingerprint density at radius 2 is 1.49 bits per heavy atom. The Balaban J connectivity index is 1.56. The molecule has 0 saturated carbocycles. The molecule has 2 unspecified atom stereocenters. The quantitative estimate of drug-likeness (QED) is 0.303. The third kappa shape index (κ3) is 6.80. The molecule has 37 heavy (non-hydrogen) atoms. The second-order valence-electron chi connectivity index (χ2n) is 9.16. The van der Waals surface area contributed by atoms with Crippen LogP contribution in [-0.2, 0) is 21.2 Å². The fraction of sp³-hybridized carbons (Fsp3) is 0.296. The van der Waals surface area contributed by atoms with E-state index in [1.807, 2.05) is 55.5 Å². The van der Waals surface area contributed by atoms with Gasteiger partial charge in [-0.25, -0.2) is 8.42 Å². The molecule has 1 amide bonds. The normalized spacial score (nSPS) is 17.9. The van der Waals surface area contributed by atoms with E-state index in [1.54, 1.807) is 0 Å². The van der Waals surface area contributed by atoms with E-state index in [-0.39, 0.29) is 39.4 Å². The lowest BCUT2D eigenvalue weighted by Gasteiger charge is -2.29.